The Bertz CT molecular complexity index is 593. The first-order chi connectivity index (χ1) is 9.13. The first kappa shape index (κ1) is 14.1. The number of rotatable bonds is 5. The summed E-state index contributed by atoms with van der Waals surface area (Å²) in [6.45, 7) is 2.70. The largest absolute Gasteiger partial charge is 0.292 e. The third-order valence-corrected chi connectivity index (χ3v) is 3.45. The number of hydrogen-bond acceptors (Lipinski definition) is 2. The van der Waals surface area contributed by atoms with E-state index in [4.69, 9.17) is 23.2 Å². The molecule has 0 aliphatic heterocycles. The Morgan fingerprint density at radius 1 is 1.26 bits per heavy atom. The van der Waals surface area contributed by atoms with Gasteiger partial charge in [0.1, 0.15) is 5.69 Å². The van der Waals surface area contributed by atoms with Crippen molar-refractivity contribution in [3.05, 3.63) is 51.8 Å². The first-order valence-electron chi connectivity index (χ1n) is 6.11. The molecule has 19 heavy (non-hydrogen) atoms. The van der Waals surface area contributed by atoms with Crippen LogP contribution >= 0.6 is 23.2 Å². The minimum absolute atomic E-state index is 0.0657. The molecule has 100 valence electrons. The Labute approximate surface area is 122 Å². The molecule has 3 nitrogen and oxygen atoms in total. The molecule has 0 N–H and O–H groups in total. The van der Waals surface area contributed by atoms with E-state index in [0.29, 0.717) is 22.3 Å². The number of carbonyl (C=O) groups excluding carboxylic acids is 1. The van der Waals surface area contributed by atoms with E-state index in [2.05, 4.69) is 5.10 Å². The molecule has 0 amide bonds. The van der Waals surface area contributed by atoms with Gasteiger partial charge in [0.2, 0.25) is 0 Å². The fraction of sp³-hybridized carbons (Fsp3) is 0.286. The standard InChI is InChI=1S/C14H14Cl2N2O/c1-2-7-18-14(12(16)9-17-18)13(19)8-10-5-3-4-6-11(10)15/h3-6,9H,2,7-8H2,1H3. The van der Waals surface area contributed by atoms with Crippen LogP contribution in [0.15, 0.2) is 30.5 Å². The van der Waals surface area contributed by atoms with Gasteiger partial charge in [0.05, 0.1) is 11.2 Å². The molecule has 0 fully saturated rings. The molecule has 0 spiro atoms. The van der Waals surface area contributed by atoms with Crippen LogP contribution in [0.3, 0.4) is 0 Å². The van der Waals surface area contributed by atoms with E-state index in [1.165, 1.54) is 6.20 Å². The number of carbonyl (C=O) groups is 1. The van der Waals surface area contributed by atoms with E-state index >= 15 is 0 Å². The Balaban J connectivity index is 2.25. The Morgan fingerprint density at radius 3 is 2.68 bits per heavy atom. The van der Waals surface area contributed by atoms with Gasteiger partial charge in [0.15, 0.2) is 5.78 Å². The van der Waals surface area contributed by atoms with Crippen LogP contribution in [0.25, 0.3) is 0 Å². The molecule has 2 aromatic rings. The smallest absolute Gasteiger partial charge is 0.186 e. The highest BCUT2D eigenvalue weighted by Crippen LogP contribution is 2.21. The summed E-state index contributed by atoms with van der Waals surface area (Å²) in [5.41, 5.74) is 1.26. The molecule has 0 aliphatic carbocycles. The van der Waals surface area contributed by atoms with E-state index in [1.807, 2.05) is 25.1 Å². The molecule has 0 aliphatic rings. The molecule has 0 unspecified atom stereocenters. The van der Waals surface area contributed by atoms with E-state index in [0.717, 1.165) is 12.0 Å². The van der Waals surface area contributed by atoms with Gasteiger partial charge in [-0.05, 0) is 18.1 Å². The van der Waals surface area contributed by atoms with Crippen LogP contribution in [0.1, 0.15) is 29.4 Å². The van der Waals surface area contributed by atoms with Crippen LogP contribution in [0.4, 0.5) is 0 Å². The molecule has 0 radical (unpaired) electrons. The number of Topliss-reactive ketones (excluding diaryl/α,β-unsaturated/α-hetero) is 1. The fourth-order valence-electron chi connectivity index (χ4n) is 1.92. The molecular formula is C14H14Cl2N2O. The number of benzene rings is 1. The minimum atomic E-state index is -0.0657. The van der Waals surface area contributed by atoms with Crippen LogP contribution in [-0.4, -0.2) is 15.6 Å². The minimum Gasteiger partial charge on any atom is -0.292 e. The average molecular weight is 297 g/mol. The highest BCUT2D eigenvalue weighted by molar-refractivity contribution is 6.34. The number of halogens is 2. The summed E-state index contributed by atoms with van der Waals surface area (Å²) in [6.07, 6.45) is 2.64. The summed E-state index contributed by atoms with van der Waals surface area (Å²) in [5, 5.41) is 5.11. The van der Waals surface area contributed by atoms with Crippen molar-refractivity contribution < 1.29 is 4.79 Å². The van der Waals surface area contributed by atoms with E-state index < -0.39 is 0 Å². The maximum atomic E-state index is 12.3. The van der Waals surface area contributed by atoms with Crippen LogP contribution in [0, 0.1) is 0 Å². The molecule has 0 atom stereocenters. The summed E-state index contributed by atoms with van der Waals surface area (Å²) in [5.74, 6) is -0.0657. The fourth-order valence-corrected chi connectivity index (χ4v) is 2.37. The second kappa shape index (κ2) is 6.22. The second-order valence-electron chi connectivity index (χ2n) is 4.26. The summed E-state index contributed by atoms with van der Waals surface area (Å²) >= 11 is 12.1. The zero-order valence-corrected chi connectivity index (χ0v) is 12.1. The molecule has 1 heterocycles. The molecule has 1 aromatic heterocycles. The van der Waals surface area contributed by atoms with Crippen molar-refractivity contribution in [2.24, 2.45) is 0 Å². The third kappa shape index (κ3) is 3.17. The van der Waals surface area contributed by atoms with Gasteiger partial charge < -0.3 is 0 Å². The number of nitrogens with zero attached hydrogens (tertiary/aromatic N) is 2. The van der Waals surface area contributed by atoms with Gasteiger partial charge >= 0.3 is 0 Å². The van der Waals surface area contributed by atoms with E-state index in [-0.39, 0.29) is 12.2 Å². The normalized spacial score (nSPS) is 10.7. The van der Waals surface area contributed by atoms with Gasteiger partial charge in [-0.1, -0.05) is 48.3 Å². The average Bonchev–Trinajstić information content (AvgIpc) is 2.74. The molecular weight excluding hydrogens is 283 g/mol. The highest BCUT2D eigenvalue weighted by Gasteiger charge is 2.18. The predicted octanol–water partition coefficient (Wildman–Crippen LogP) is 4.03. The van der Waals surface area contributed by atoms with Crippen molar-refractivity contribution in [3.8, 4) is 0 Å². The highest BCUT2D eigenvalue weighted by atomic mass is 35.5. The molecule has 2 rings (SSSR count). The lowest BCUT2D eigenvalue weighted by Crippen LogP contribution is -2.13. The summed E-state index contributed by atoms with van der Waals surface area (Å²) < 4.78 is 1.65. The Kier molecular flexibility index (Phi) is 4.61. The third-order valence-electron chi connectivity index (χ3n) is 2.80. The number of hydrogen-bond donors (Lipinski definition) is 0. The summed E-state index contributed by atoms with van der Waals surface area (Å²) in [6, 6.07) is 7.31. The number of aromatic nitrogens is 2. The van der Waals surface area contributed by atoms with Crippen molar-refractivity contribution in [1.29, 1.82) is 0 Å². The van der Waals surface area contributed by atoms with Crippen LogP contribution in [-0.2, 0) is 13.0 Å². The maximum Gasteiger partial charge on any atom is 0.186 e. The van der Waals surface area contributed by atoms with Crippen molar-refractivity contribution in [3.63, 3.8) is 0 Å². The summed E-state index contributed by atoms with van der Waals surface area (Å²) in [4.78, 5) is 12.3. The number of ketones is 1. The Hall–Kier alpha value is -1.32. The molecule has 0 saturated heterocycles. The molecule has 0 bridgehead atoms. The predicted molar refractivity (Wildman–Crippen MR) is 77.0 cm³/mol. The van der Waals surface area contributed by atoms with Crippen molar-refractivity contribution >= 4 is 29.0 Å². The topological polar surface area (TPSA) is 34.9 Å². The zero-order valence-electron chi connectivity index (χ0n) is 10.6. The van der Waals surface area contributed by atoms with Crippen LogP contribution in [0.5, 0.6) is 0 Å². The Morgan fingerprint density at radius 2 is 2.00 bits per heavy atom. The van der Waals surface area contributed by atoms with Crippen molar-refractivity contribution in [2.75, 3.05) is 0 Å². The molecule has 1 aromatic carbocycles. The number of aryl methyl sites for hydroxylation is 1. The monoisotopic (exact) mass is 296 g/mol. The van der Waals surface area contributed by atoms with Gasteiger partial charge in [0, 0.05) is 18.0 Å². The van der Waals surface area contributed by atoms with Crippen molar-refractivity contribution in [2.45, 2.75) is 26.3 Å². The molecule has 0 saturated carbocycles. The van der Waals surface area contributed by atoms with Gasteiger partial charge in [0.25, 0.3) is 0 Å². The first-order valence-corrected chi connectivity index (χ1v) is 6.87. The zero-order chi connectivity index (χ0) is 13.8. The van der Waals surface area contributed by atoms with Gasteiger partial charge in [-0.3, -0.25) is 9.48 Å². The maximum absolute atomic E-state index is 12.3. The van der Waals surface area contributed by atoms with Crippen molar-refractivity contribution in [1.82, 2.24) is 9.78 Å². The lowest BCUT2D eigenvalue weighted by molar-refractivity contribution is 0.0982. The lowest BCUT2D eigenvalue weighted by Gasteiger charge is -2.07. The summed E-state index contributed by atoms with van der Waals surface area (Å²) in [7, 11) is 0. The van der Waals surface area contributed by atoms with E-state index in [9.17, 15) is 4.79 Å². The SMILES string of the molecule is CCCn1ncc(Cl)c1C(=O)Cc1ccccc1Cl. The van der Waals surface area contributed by atoms with Gasteiger partial charge in [-0.2, -0.15) is 5.10 Å². The van der Waals surface area contributed by atoms with Gasteiger partial charge in [-0.25, -0.2) is 0 Å². The van der Waals surface area contributed by atoms with Crippen LogP contribution < -0.4 is 0 Å². The quantitative estimate of drug-likeness (QED) is 0.781. The van der Waals surface area contributed by atoms with E-state index in [1.54, 1.807) is 10.7 Å². The van der Waals surface area contributed by atoms with Crippen LogP contribution in [0.2, 0.25) is 10.0 Å². The van der Waals surface area contributed by atoms with Gasteiger partial charge in [-0.15, -0.1) is 0 Å². The molecule has 5 heteroatoms. The lowest BCUT2D eigenvalue weighted by atomic mass is 10.1. The second-order valence-corrected chi connectivity index (χ2v) is 5.07.